The lowest BCUT2D eigenvalue weighted by molar-refractivity contribution is -0.142. The number of nitrogens with one attached hydrogen (secondary N) is 1. The molecule has 0 fully saturated rings. The number of carbonyl (C=O) groups is 1. The van der Waals surface area contributed by atoms with Crippen LogP contribution in [0.2, 0.25) is 0 Å². The van der Waals surface area contributed by atoms with Crippen molar-refractivity contribution >= 4 is 21.8 Å². The van der Waals surface area contributed by atoms with Crippen LogP contribution in [0.4, 0.5) is 13.2 Å². The molecule has 23 heavy (non-hydrogen) atoms. The van der Waals surface area contributed by atoms with Crippen molar-refractivity contribution in [3.63, 3.8) is 0 Å². The molecule has 0 radical (unpaired) electrons. The molecule has 2 unspecified atom stereocenters. The van der Waals surface area contributed by atoms with Crippen LogP contribution in [0, 0.1) is 6.92 Å². The highest BCUT2D eigenvalue weighted by Gasteiger charge is 2.38. The van der Waals surface area contributed by atoms with Gasteiger partial charge in [-0.25, -0.2) is 0 Å². The smallest absolute Gasteiger partial charge is 0.390 e. The van der Waals surface area contributed by atoms with Crippen molar-refractivity contribution in [1.29, 1.82) is 0 Å². The molecule has 0 aromatic carbocycles. The van der Waals surface area contributed by atoms with Gasteiger partial charge in [0.2, 0.25) is 5.91 Å². The topological polar surface area (TPSA) is 70.4 Å². The summed E-state index contributed by atoms with van der Waals surface area (Å²) in [5.41, 5.74) is -0.865. The van der Waals surface area contributed by atoms with Gasteiger partial charge in [-0.15, -0.1) is 0 Å². The van der Waals surface area contributed by atoms with E-state index in [4.69, 9.17) is 0 Å². The number of aliphatic hydroxyl groups excluding tert-OH is 1. The average molecular weight is 401 g/mol. The van der Waals surface area contributed by atoms with E-state index < -0.39 is 29.9 Å². The maximum absolute atomic E-state index is 12.8. The molecule has 132 valence electrons. The molecule has 1 heterocycles. The molecule has 0 aliphatic heterocycles. The van der Waals surface area contributed by atoms with Gasteiger partial charge in [-0.1, -0.05) is 0 Å². The summed E-state index contributed by atoms with van der Waals surface area (Å²) in [4.78, 5) is 13.8. The minimum absolute atomic E-state index is 0.00890. The molecule has 0 aliphatic rings. The van der Waals surface area contributed by atoms with Crippen LogP contribution >= 0.6 is 15.9 Å². The van der Waals surface area contributed by atoms with Crippen molar-refractivity contribution in [2.24, 2.45) is 0 Å². The van der Waals surface area contributed by atoms with Crippen molar-refractivity contribution in [3.8, 4) is 0 Å². The van der Waals surface area contributed by atoms with Crippen LogP contribution in [0.1, 0.15) is 24.4 Å². The summed E-state index contributed by atoms with van der Waals surface area (Å²) in [5, 5.41) is 15.7. The average Bonchev–Trinajstić information content (AvgIpc) is 2.71. The second-order valence-electron chi connectivity index (χ2n) is 5.53. The first-order valence-electron chi connectivity index (χ1n) is 6.87. The summed E-state index contributed by atoms with van der Waals surface area (Å²) in [6.45, 7) is 3.26. The number of aliphatic hydroxyl groups is 1. The Bertz CT molecular complexity index is 560. The monoisotopic (exact) mass is 400 g/mol. The molecule has 6 nitrogen and oxygen atoms in total. The van der Waals surface area contributed by atoms with Gasteiger partial charge in [-0.2, -0.15) is 18.3 Å². The molecule has 1 aromatic heterocycles. The number of likely N-dealkylation sites (N-methyl/N-ethyl adjacent to an activating group) is 1. The fourth-order valence-electron chi connectivity index (χ4n) is 2.02. The lowest BCUT2D eigenvalue weighted by atomic mass is 10.2. The first-order valence-corrected chi connectivity index (χ1v) is 7.66. The van der Waals surface area contributed by atoms with Gasteiger partial charge in [0.25, 0.3) is 0 Å². The highest BCUT2D eigenvalue weighted by molar-refractivity contribution is 9.10. The van der Waals surface area contributed by atoms with Crippen molar-refractivity contribution in [2.75, 3.05) is 27.2 Å². The van der Waals surface area contributed by atoms with Gasteiger partial charge in [0.05, 0.1) is 16.3 Å². The molecule has 1 rings (SSSR count). The quantitative estimate of drug-likeness (QED) is 0.760. The zero-order valence-corrected chi connectivity index (χ0v) is 14.9. The molecule has 2 atom stereocenters. The molecular weight excluding hydrogens is 381 g/mol. The van der Waals surface area contributed by atoms with E-state index in [9.17, 15) is 23.1 Å². The summed E-state index contributed by atoms with van der Waals surface area (Å²) >= 11 is 2.86. The van der Waals surface area contributed by atoms with Crippen molar-refractivity contribution in [3.05, 3.63) is 15.9 Å². The molecular formula is C13H20BrF3N4O2. The standard InChI is InChI=1S/C13H20BrF3N4O2/c1-7-10(14)11(13(15,16)17)19-21(7)8(2)12(23)18-5-9(22)6-20(3)4/h8-9,22H,5-6H2,1-4H3,(H,18,23). The van der Waals surface area contributed by atoms with Crippen LogP contribution in [-0.2, 0) is 11.0 Å². The summed E-state index contributed by atoms with van der Waals surface area (Å²) in [7, 11) is 3.55. The Labute approximate surface area is 140 Å². The molecule has 0 bridgehead atoms. The predicted molar refractivity (Wildman–Crippen MR) is 81.9 cm³/mol. The maximum atomic E-state index is 12.8. The van der Waals surface area contributed by atoms with Crippen molar-refractivity contribution in [1.82, 2.24) is 20.0 Å². The largest absolute Gasteiger partial charge is 0.436 e. The summed E-state index contributed by atoms with van der Waals surface area (Å²) in [6.07, 6.45) is -5.37. The number of hydrogen-bond donors (Lipinski definition) is 2. The Morgan fingerprint density at radius 2 is 2.04 bits per heavy atom. The molecule has 1 amide bonds. The molecule has 10 heteroatoms. The molecule has 0 spiro atoms. The number of alkyl halides is 3. The van der Waals surface area contributed by atoms with Gasteiger partial charge in [0.1, 0.15) is 6.04 Å². The number of amides is 1. The van der Waals surface area contributed by atoms with Gasteiger partial charge in [0, 0.05) is 13.1 Å². The Hall–Kier alpha value is -1.13. The van der Waals surface area contributed by atoms with Gasteiger partial charge in [-0.05, 0) is 43.9 Å². The second-order valence-corrected chi connectivity index (χ2v) is 6.32. The van der Waals surface area contributed by atoms with E-state index in [1.807, 2.05) is 0 Å². The normalized spacial score (nSPS) is 14.9. The fourth-order valence-corrected chi connectivity index (χ4v) is 2.51. The van der Waals surface area contributed by atoms with E-state index >= 15 is 0 Å². The van der Waals surface area contributed by atoms with E-state index in [1.165, 1.54) is 13.8 Å². The number of aromatic nitrogens is 2. The highest BCUT2D eigenvalue weighted by atomic mass is 79.9. The molecule has 0 saturated carbocycles. The fraction of sp³-hybridized carbons (Fsp3) is 0.692. The molecule has 1 aromatic rings. The predicted octanol–water partition coefficient (Wildman–Crippen LogP) is 1.57. The third kappa shape index (κ3) is 5.18. The first-order chi connectivity index (χ1) is 10.4. The maximum Gasteiger partial charge on any atom is 0.436 e. The van der Waals surface area contributed by atoms with Crippen molar-refractivity contribution in [2.45, 2.75) is 32.2 Å². The third-order valence-corrected chi connectivity index (χ3v) is 4.13. The van der Waals surface area contributed by atoms with Crippen LogP contribution < -0.4 is 5.32 Å². The number of nitrogens with zero attached hydrogens (tertiary/aromatic N) is 3. The number of halogens is 4. The van der Waals surface area contributed by atoms with Gasteiger partial charge in [0.15, 0.2) is 5.69 Å². The molecule has 2 N–H and O–H groups in total. The first kappa shape index (κ1) is 19.9. The Balaban J connectivity index is 2.81. The Morgan fingerprint density at radius 3 is 2.48 bits per heavy atom. The lowest BCUT2D eigenvalue weighted by Gasteiger charge is -2.19. The zero-order chi connectivity index (χ0) is 17.9. The van der Waals surface area contributed by atoms with E-state index in [0.717, 1.165) is 4.68 Å². The van der Waals surface area contributed by atoms with Crippen LogP contribution in [0.3, 0.4) is 0 Å². The van der Waals surface area contributed by atoms with E-state index in [2.05, 4.69) is 26.3 Å². The molecule has 0 saturated heterocycles. The second kappa shape index (κ2) is 7.63. The minimum Gasteiger partial charge on any atom is -0.390 e. The SMILES string of the molecule is Cc1c(Br)c(C(F)(F)F)nn1C(C)C(=O)NCC(O)CN(C)C. The van der Waals surface area contributed by atoms with Crippen LogP contribution in [-0.4, -0.2) is 59.0 Å². The third-order valence-electron chi connectivity index (χ3n) is 3.18. The minimum atomic E-state index is -4.60. The van der Waals surface area contributed by atoms with Gasteiger partial charge in [-0.3, -0.25) is 9.48 Å². The lowest BCUT2D eigenvalue weighted by Crippen LogP contribution is -2.40. The van der Waals surface area contributed by atoms with Crippen LogP contribution in [0.15, 0.2) is 4.47 Å². The number of carbonyl (C=O) groups excluding carboxylic acids is 1. The summed E-state index contributed by atoms with van der Waals surface area (Å²) in [6, 6.07) is -0.936. The van der Waals surface area contributed by atoms with E-state index in [-0.39, 0.29) is 16.7 Å². The van der Waals surface area contributed by atoms with Crippen LogP contribution in [0.25, 0.3) is 0 Å². The molecule has 0 aliphatic carbocycles. The zero-order valence-electron chi connectivity index (χ0n) is 13.3. The highest BCUT2D eigenvalue weighted by Crippen LogP contribution is 2.36. The van der Waals surface area contributed by atoms with Gasteiger partial charge >= 0.3 is 6.18 Å². The number of rotatable bonds is 6. The van der Waals surface area contributed by atoms with Crippen LogP contribution in [0.5, 0.6) is 0 Å². The van der Waals surface area contributed by atoms with Gasteiger partial charge < -0.3 is 15.3 Å². The van der Waals surface area contributed by atoms with Crippen molar-refractivity contribution < 1.29 is 23.1 Å². The van der Waals surface area contributed by atoms with E-state index in [1.54, 1.807) is 19.0 Å². The Kier molecular flexibility index (Phi) is 6.60. The Morgan fingerprint density at radius 1 is 1.48 bits per heavy atom. The summed E-state index contributed by atoms with van der Waals surface area (Å²) < 4.78 is 39.3. The summed E-state index contributed by atoms with van der Waals surface area (Å²) in [5.74, 6) is -0.519. The van der Waals surface area contributed by atoms with E-state index in [0.29, 0.717) is 6.54 Å². The number of hydrogen-bond acceptors (Lipinski definition) is 4.